The van der Waals surface area contributed by atoms with Gasteiger partial charge < -0.3 is 10.2 Å². The molecule has 3 rings (SSSR count). The first kappa shape index (κ1) is 15.9. The molecule has 23 heavy (non-hydrogen) atoms. The molecule has 0 radical (unpaired) electrons. The van der Waals surface area contributed by atoms with E-state index >= 15 is 0 Å². The number of thioether (sulfide) groups is 1. The molecule has 2 aromatic rings. The van der Waals surface area contributed by atoms with E-state index in [9.17, 15) is 4.79 Å². The van der Waals surface area contributed by atoms with Crippen molar-refractivity contribution in [1.29, 1.82) is 0 Å². The van der Waals surface area contributed by atoms with Crippen molar-refractivity contribution in [3.05, 3.63) is 36.9 Å². The average molecular weight is 331 g/mol. The number of hydrogen-bond acceptors (Lipinski definition) is 4. The van der Waals surface area contributed by atoms with Gasteiger partial charge in [0, 0.05) is 18.8 Å². The Kier molecular flexibility index (Phi) is 5.17. The zero-order valence-electron chi connectivity index (χ0n) is 13.2. The quantitative estimate of drug-likeness (QED) is 0.936. The summed E-state index contributed by atoms with van der Waals surface area (Å²) in [5.41, 5.74) is 1.71. The van der Waals surface area contributed by atoms with E-state index in [1.165, 1.54) is 5.75 Å². The Morgan fingerprint density at radius 1 is 1.30 bits per heavy atom. The van der Waals surface area contributed by atoms with E-state index in [4.69, 9.17) is 0 Å². The second-order valence-corrected chi connectivity index (χ2v) is 6.65. The summed E-state index contributed by atoms with van der Waals surface area (Å²) in [5, 5.41) is 10.6. The van der Waals surface area contributed by atoms with Crippen molar-refractivity contribution in [1.82, 2.24) is 19.7 Å². The molecule has 6 nitrogen and oxygen atoms in total. The van der Waals surface area contributed by atoms with Gasteiger partial charge in [-0.2, -0.15) is 11.8 Å². The molecule has 1 aliphatic rings. The van der Waals surface area contributed by atoms with E-state index in [0.717, 1.165) is 43.2 Å². The predicted octanol–water partition coefficient (Wildman–Crippen LogP) is 2.87. The topological polar surface area (TPSA) is 63.1 Å². The van der Waals surface area contributed by atoms with E-state index in [1.807, 2.05) is 45.5 Å². The van der Waals surface area contributed by atoms with Crippen molar-refractivity contribution in [2.45, 2.75) is 12.8 Å². The molecule has 0 aliphatic carbocycles. The predicted molar refractivity (Wildman–Crippen MR) is 93.1 cm³/mol. The maximum atomic E-state index is 12.4. The van der Waals surface area contributed by atoms with Crippen LogP contribution in [-0.2, 0) is 0 Å². The Morgan fingerprint density at radius 3 is 2.74 bits per heavy atom. The summed E-state index contributed by atoms with van der Waals surface area (Å²) in [4.78, 5) is 14.3. The fourth-order valence-corrected chi connectivity index (χ4v) is 3.62. The van der Waals surface area contributed by atoms with Gasteiger partial charge in [0.2, 0.25) is 0 Å². The number of hydrogen-bond donors (Lipinski definition) is 1. The summed E-state index contributed by atoms with van der Waals surface area (Å²) in [7, 11) is 0. The summed E-state index contributed by atoms with van der Waals surface area (Å²) < 4.78 is 1.81. The van der Waals surface area contributed by atoms with Crippen LogP contribution in [0.3, 0.4) is 0 Å². The Morgan fingerprint density at radius 2 is 2.04 bits per heavy atom. The van der Waals surface area contributed by atoms with Crippen LogP contribution in [0.25, 0.3) is 5.69 Å². The zero-order chi connectivity index (χ0) is 16.1. The minimum atomic E-state index is -0.0199. The van der Waals surface area contributed by atoms with E-state index in [2.05, 4.69) is 21.8 Å². The summed E-state index contributed by atoms with van der Waals surface area (Å²) in [6.45, 7) is 1.67. The number of anilines is 1. The fraction of sp³-hybridized carbons (Fsp3) is 0.438. The fourth-order valence-electron chi connectivity index (χ4n) is 2.82. The number of carbonyl (C=O) groups is 1. The van der Waals surface area contributed by atoms with Gasteiger partial charge in [-0.25, -0.2) is 4.79 Å². The summed E-state index contributed by atoms with van der Waals surface area (Å²) in [5.74, 6) is 1.93. The van der Waals surface area contributed by atoms with Crippen LogP contribution >= 0.6 is 11.8 Å². The Hall–Kier alpha value is -2.02. The van der Waals surface area contributed by atoms with Crippen LogP contribution in [0, 0.1) is 5.92 Å². The first-order valence-corrected chi connectivity index (χ1v) is 9.15. The molecule has 0 saturated carbocycles. The molecule has 0 spiro atoms. The lowest BCUT2D eigenvalue weighted by atomic mass is 9.99. The van der Waals surface area contributed by atoms with Crippen molar-refractivity contribution in [3.63, 3.8) is 0 Å². The third-order valence-corrected chi connectivity index (χ3v) is 4.92. The monoisotopic (exact) mass is 331 g/mol. The van der Waals surface area contributed by atoms with Crippen molar-refractivity contribution in [2.75, 3.05) is 30.4 Å². The van der Waals surface area contributed by atoms with Gasteiger partial charge in [-0.05, 0) is 49.0 Å². The number of rotatable bonds is 4. The minimum Gasteiger partial charge on any atom is -0.325 e. The normalized spacial score (nSPS) is 15.6. The van der Waals surface area contributed by atoms with Gasteiger partial charge in [0.1, 0.15) is 12.7 Å². The molecule has 2 heterocycles. The Labute approximate surface area is 140 Å². The summed E-state index contributed by atoms with van der Waals surface area (Å²) in [6.07, 6.45) is 7.60. The maximum Gasteiger partial charge on any atom is 0.321 e. The van der Waals surface area contributed by atoms with Gasteiger partial charge in [-0.3, -0.25) is 4.57 Å². The number of amides is 2. The van der Waals surface area contributed by atoms with Gasteiger partial charge in [-0.1, -0.05) is 6.07 Å². The first-order chi connectivity index (χ1) is 11.3. The van der Waals surface area contributed by atoms with Crippen LogP contribution in [0.2, 0.25) is 0 Å². The number of likely N-dealkylation sites (tertiary alicyclic amines) is 1. The number of piperidine rings is 1. The van der Waals surface area contributed by atoms with Crippen LogP contribution in [0.1, 0.15) is 12.8 Å². The van der Waals surface area contributed by atoms with E-state index < -0.39 is 0 Å². The molecule has 1 aliphatic heterocycles. The lowest BCUT2D eigenvalue weighted by Gasteiger charge is -2.31. The van der Waals surface area contributed by atoms with Crippen molar-refractivity contribution in [3.8, 4) is 5.69 Å². The van der Waals surface area contributed by atoms with Crippen molar-refractivity contribution in [2.24, 2.45) is 5.92 Å². The molecule has 1 saturated heterocycles. The largest absolute Gasteiger partial charge is 0.325 e. The van der Waals surface area contributed by atoms with Gasteiger partial charge in [0.25, 0.3) is 0 Å². The van der Waals surface area contributed by atoms with Crippen LogP contribution in [0.4, 0.5) is 10.5 Å². The van der Waals surface area contributed by atoms with Gasteiger partial charge in [0.05, 0.1) is 5.69 Å². The van der Waals surface area contributed by atoms with Crippen molar-refractivity contribution < 1.29 is 4.79 Å². The minimum absolute atomic E-state index is 0.0199. The van der Waals surface area contributed by atoms with Crippen LogP contribution in [-0.4, -0.2) is 50.8 Å². The lowest BCUT2D eigenvalue weighted by Crippen LogP contribution is -2.41. The van der Waals surface area contributed by atoms with Crippen LogP contribution < -0.4 is 5.32 Å². The second-order valence-electron chi connectivity index (χ2n) is 5.74. The van der Waals surface area contributed by atoms with Gasteiger partial charge >= 0.3 is 6.03 Å². The molecule has 7 heteroatoms. The number of benzene rings is 1. The van der Waals surface area contributed by atoms with Crippen LogP contribution in [0.5, 0.6) is 0 Å². The number of nitrogens with one attached hydrogen (secondary N) is 1. The maximum absolute atomic E-state index is 12.4. The molecular formula is C16H21N5OS. The molecule has 1 N–H and O–H groups in total. The molecule has 0 bridgehead atoms. The van der Waals surface area contributed by atoms with E-state index in [0.29, 0.717) is 0 Å². The standard InChI is InChI=1S/C16H21N5OS/c1-23-10-13-5-7-20(8-6-13)16(22)19-14-3-2-4-15(9-14)21-11-17-18-12-21/h2-4,9,11-13H,5-8,10H2,1H3,(H,19,22). The zero-order valence-corrected chi connectivity index (χ0v) is 14.0. The highest BCUT2D eigenvalue weighted by molar-refractivity contribution is 7.98. The molecule has 1 aromatic heterocycles. The summed E-state index contributed by atoms with van der Waals surface area (Å²) in [6, 6.07) is 7.66. The van der Waals surface area contributed by atoms with Crippen molar-refractivity contribution >= 4 is 23.5 Å². The molecule has 122 valence electrons. The highest BCUT2D eigenvalue weighted by Crippen LogP contribution is 2.21. The van der Waals surface area contributed by atoms with Crippen LogP contribution in [0.15, 0.2) is 36.9 Å². The lowest BCUT2D eigenvalue weighted by molar-refractivity contribution is 0.187. The molecular weight excluding hydrogens is 310 g/mol. The van der Waals surface area contributed by atoms with Gasteiger partial charge in [-0.15, -0.1) is 10.2 Å². The van der Waals surface area contributed by atoms with E-state index in [1.54, 1.807) is 12.7 Å². The van der Waals surface area contributed by atoms with E-state index in [-0.39, 0.29) is 6.03 Å². The number of aromatic nitrogens is 3. The smallest absolute Gasteiger partial charge is 0.321 e. The second kappa shape index (κ2) is 7.50. The average Bonchev–Trinajstić information content (AvgIpc) is 3.11. The molecule has 1 fully saturated rings. The molecule has 2 amide bonds. The third-order valence-electron chi connectivity index (χ3n) is 4.12. The molecule has 1 aromatic carbocycles. The summed E-state index contributed by atoms with van der Waals surface area (Å²) >= 11 is 1.89. The molecule has 0 atom stereocenters. The Balaban J connectivity index is 1.59. The first-order valence-electron chi connectivity index (χ1n) is 7.76. The number of nitrogens with zero attached hydrogens (tertiary/aromatic N) is 4. The number of carbonyl (C=O) groups excluding carboxylic acids is 1. The highest BCUT2D eigenvalue weighted by atomic mass is 32.2. The SMILES string of the molecule is CSCC1CCN(C(=O)Nc2cccc(-n3cnnc3)c2)CC1. The third kappa shape index (κ3) is 4.04. The Bertz CT molecular complexity index is 638. The number of urea groups is 1. The van der Waals surface area contributed by atoms with Gasteiger partial charge in [0.15, 0.2) is 0 Å². The molecule has 0 unspecified atom stereocenters. The highest BCUT2D eigenvalue weighted by Gasteiger charge is 2.22.